The van der Waals surface area contributed by atoms with E-state index in [1.807, 2.05) is 22.8 Å². The van der Waals surface area contributed by atoms with E-state index in [4.69, 9.17) is 19.3 Å². The van der Waals surface area contributed by atoms with Crippen molar-refractivity contribution >= 4 is 5.97 Å². The Kier molecular flexibility index (Phi) is 2.61. The van der Waals surface area contributed by atoms with Crippen molar-refractivity contribution in [2.75, 3.05) is 6.79 Å². The van der Waals surface area contributed by atoms with E-state index < -0.39 is 5.97 Å². The molecule has 0 aliphatic carbocycles. The highest BCUT2D eigenvalue weighted by molar-refractivity contribution is 5.86. The van der Waals surface area contributed by atoms with E-state index in [9.17, 15) is 4.79 Å². The minimum absolute atomic E-state index is 0.0548. The zero-order valence-corrected chi connectivity index (χ0v) is 11.0. The number of carbonyl (C=O) groups is 1. The number of nitrogens with zero attached hydrogens (tertiary/aromatic N) is 2. The Balaban J connectivity index is 1.62. The van der Waals surface area contributed by atoms with Crippen LogP contribution in [0.15, 0.2) is 24.5 Å². The van der Waals surface area contributed by atoms with Crippen LogP contribution in [0.25, 0.3) is 0 Å². The fourth-order valence-electron chi connectivity index (χ4n) is 2.62. The largest absolute Gasteiger partial charge is 0.476 e. The number of aromatic carboxylic acids is 1. The number of imidazole rings is 1. The quantitative estimate of drug-likeness (QED) is 0.903. The van der Waals surface area contributed by atoms with Gasteiger partial charge in [0.25, 0.3) is 0 Å². The first kappa shape index (κ1) is 12.2. The zero-order chi connectivity index (χ0) is 14.4. The molecule has 1 unspecified atom stereocenters. The summed E-state index contributed by atoms with van der Waals surface area (Å²) >= 11 is 0. The van der Waals surface area contributed by atoms with Crippen molar-refractivity contribution in [1.82, 2.24) is 9.55 Å². The van der Waals surface area contributed by atoms with Crippen LogP contribution in [0.3, 0.4) is 0 Å². The summed E-state index contributed by atoms with van der Waals surface area (Å²) in [6.07, 6.45) is 1.38. The van der Waals surface area contributed by atoms with Gasteiger partial charge in [0.1, 0.15) is 6.10 Å². The third kappa shape index (κ3) is 1.93. The van der Waals surface area contributed by atoms with Gasteiger partial charge < -0.3 is 23.9 Å². The Morgan fingerprint density at radius 2 is 2.19 bits per heavy atom. The first-order valence-corrected chi connectivity index (χ1v) is 6.51. The molecule has 108 valence electrons. The number of fused-ring (bicyclic) bond motifs is 2. The van der Waals surface area contributed by atoms with Gasteiger partial charge in [-0.15, -0.1) is 0 Å². The van der Waals surface area contributed by atoms with Crippen molar-refractivity contribution in [3.8, 4) is 11.5 Å². The van der Waals surface area contributed by atoms with Crippen molar-refractivity contribution in [3.05, 3.63) is 41.5 Å². The second kappa shape index (κ2) is 4.49. The topological polar surface area (TPSA) is 82.8 Å². The van der Waals surface area contributed by atoms with Gasteiger partial charge in [-0.1, -0.05) is 6.07 Å². The number of rotatable bonds is 2. The minimum Gasteiger partial charge on any atom is -0.476 e. The SMILES string of the molecule is O=C(O)c1ncn2c1COC(c1ccc3c(c1)OCO3)C2. The van der Waals surface area contributed by atoms with Crippen molar-refractivity contribution < 1.29 is 24.1 Å². The normalized spacial score (nSPS) is 19.3. The fourth-order valence-corrected chi connectivity index (χ4v) is 2.62. The van der Waals surface area contributed by atoms with Crippen LogP contribution >= 0.6 is 0 Å². The van der Waals surface area contributed by atoms with Gasteiger partial charge in [-0.3, -0.25) is 0 Å². The van der Waals surface area contributed by atoms with Gasteiger partial charge in [0.05, 0.1) is 25.2 Å². The van der Waals surface area contributed by atoms with Gasteiger partial charge in [0, 0.05) is 0 Å². The molecule has 0 amide bonds. The summed E-state index contributed by atoms with van der Waals surface area (Å²) in [6, 6.07) is 5.68. The van der Waals surface area contributed by atoms with E-state index in [-0.39, 0.29) is 25.2 Å². The van der Waals surface area contributed by atoms with Gasteiger partial charge in [-0.2, -0.15) is 0 Å². The molecule has 0 bridgehead atoms. The van der Waals surface area contributed by atoms with Gasteiger partial charge in [-0.25, -0.2) is 9.78 Å². The average molecular weight is 288 g/mol. The molecule has 1 aromatic heterocycles. The minimum atomic E-state index is -1.03. The highest BCUT2D eigenvalue weighted by Crippen LogP contribution is 2.36. The second-order valence-electron chi connectivity index (χ2n) is 4.91. The van der Waals surface area contributed by atoms with Crippen molar-refractivity contribution in [2.45, 2.75) is 19.3 Å². The maximum Gasteiger partial charge on any atom is 0.356 e. The molecule has 0 saturated heterocycles. The Morgan fingerprint density at radius 3 is 3.05 bits per heavy atom. The molecular formula is C14H12N2O5. The Labute approximate surface area is 119 Å². The van der Waals surface area contributed by atoms with Crippen LogP contribution in [0.1, 0.15) is 27.8 Å². The predicted octanol–water partition coefficient (Wildman–Crippen LogP) is 1.58. The molecule has 2 aliphatic heterocycles. The third-order valence-electron chi connectivity index (χ3n) is 3.70. The van der Waals surface area contributed by atoms with Crippen LogP contribution in [0.4, 0.5) is 0 Å². The summed E-state index contributed by atoms with van der Waals surface area (Å²) < 4.78 is 18.2. The van der Waals surface area contributed by atoms with Gasteiger partial charge in [0.2, 0.25) is 6.79 Å². The molecule has 0 spiro atoms. The molecule has 2 aromatic rings. The molecule has 7 nitrogen and oxygen atoms in total. The van der Waals surface area contributed by atoms with Crippen LogP contribution in [0.5, 0.6) is 11.5 Å². The Morgan fingerprint density at radius 1 is 1.33 bits per heavy atom. The summed E-state index contributed by atoms with van der Waals surface area (Å²) in [5, 5.41) is 9.06. The predicted molar refractivity (Wildman–Crippen MR) is 69.3 cm³/mol. The standard InChI is InChI=1S/C14H12N2O5/c17-14(18)13-9-5-19-12(4-16(9)6-15-13)8-1-2-10-11(3-8)21-7-20-10/h1-3,6,12H,4-5,7H2,(H,17,18). The molecule has 21 heavy (non-hydrogen) atoms. The zero-order valence-electron chi connectivity index (χ0n) is 11.0. The molecule has 1 N–H and O–H groups in total. The number of hydrogen-bond donors (Lipinski definition) is 1. The smallest absolute Gasteiger partial charge is 0.356 e. The molecule has 0 fully saturated rings. The number of hydrogen-bond acceptors (Lipinski definition) is 5. The molecular weight excluding hydrogens is 276 g/mol. The molecule has 4 rings (SSSR count). The maximum atomic E-state index is 11.1. The summed E-state index contributed by atoms with van der Waals surface area (Å²) in [4.78, 5) is 15.0. The first-order chi connectivity index (χ1) is 10.2. The lowest BCUT2D eigenvalue weighted by Gasteiger charge is -2.25. The van der Waals surface area contributed by atoms with Gasteiger partial charge >= 0.3 is 5.97 Å². The third-order valence-corrected chi connectivity index (χ3v) is 3.70. The first-order valence-electron chi connectivity index (χ1n) is 6.51. The van der Waals surface area contributed by atoms with E-state index in [0.717, 1.165) is 11.3 Å². The highest BCUT2D eigenvalue weighted by atomic mass is 16.7. The molecule has 0 radical (unpaired) electrons. The van der Waals surface area contributed by atoms with Crippen molar-refractivity contribution in [3.63, 3.8) is 0 Å². The number of carboxylic acids is 1. The lowest BCUT2D eigenvalue weighted by atomic mass is 10.1. The van der Waals surface area contributed by atoms with Crippen molar-refractivity contribution in [1.29, 1.82) is 0 Å². The lowest BCUT2D eigenvalue weighted by molar-refractivity contribution is 0.00211. The van der Waals surface area contributed by atoms with Crippen LogP contribution < -0.4 is 9.47 Å². The molecule has 1 aromatic carbocycles. The summed E-state index contributed by atoms with van der Waals surface area (Å²) in [5.41, 5.74) is 1.62. The van der Waals surface area contributed by atoms with E-state index in [2.05, 4.69) is 4.98 Å². The molecule has 1 atom stereocenters. The fraction of sp³-hybridized carbons (Fsp3) is 0.286. The molecule has 7 heteroatoms. The monoisotopic (exact) mass is 288 g/mol. The van der Waals surface area contributed by atoms with E-state index in [1.54, 1.807) is 6.33 Å². The number of aromatic nitrogens is 2. The second-order valence-corrected chi connectivity index (χ2v) is 4.91. The van der Waals surface area contributed by atoms with E-state index in [1.165, 1.54) is 0 Å². The van der Waals surface area contributed by atoms with Crippen LogP contribution in [-0.2, 0) is 17.9 Å². The maximum absolute atomic E-state index is 11.1. The average Bonchev–Trinajstić information content (AvgIpc) is 3.12. The van der Waals surface area contributed by atoms with Gasteiger partial charge in [-0.05, 0) is 17.7 Å². The highest BCUT2D eigenvalue weighted by Gasteiger charge is 2.27. The van der Waals surface area contributed by atoms with Crippen LogP contribution in [0.2, 0.25) is 0 Å². The lowest BCUT2D eigenvalue weighted by Crippen LogP contribution is -2.21. The number of carboxylic acid groups (broad SMARTS) is 1. The summed E-state index contributed by atoms with van der Waals surface area (Å²) in [7, 11) is 0. The summed E-state index contributed by atoms with van der Waals surface area (Å²) in [5.74, 6) is 0.402. The van der Waals surface area contributed by atoms with E-state index in [0.29, 0.717) is 18.0 Å². The van der Waals surface area contributed by atoms with E-state index >= 15 is 0 Å². The number of benzene rings is 1. The van der Waals surface area contributed by atoms with Crippen LogP contribution in [-0.4, -0.2) is 27.4 Å². The van der Waals surface area contributed by atoms with Crippen molar-refractivity contribution in [2.24, 2.45) is 0 Å². The Hall–Kier alpha value is -2.54. The molecule has 3 heterocycles. The molecule has 0 saturated carbocycles. The van der Waals surface area contributed by atoms with Crippen LogP contribution in [0, 0.1) is 0 Å². The van der Waals surface area contributed by atoms with Gasteiger partial charge in [0.15, 0.2) is 17.2 Å². The number of ether oxygens (including phenoxy) is 3. The summed E-state index contributed by atoms with van der Waals surface area (Å²) in [6.45, 7) is 0.980. The Bertz CT molecular complexity index is 724. The molecule has 2 aliphatic rings.